The predicted molar refractivity (Wildman–Crippen MR) is 86.6 cm³/mol. The summed E-state index contributed by atoms with van der Waals surface area (Å²) >= 11 is 0. The Morgan fingerprint density at radius 1 is 1.16 bits per heavy atom. The van der Waals surface area contributed by atoms with Gasteiger partial charge < -0.3 is 5.32 Å². The zero-order chi connectivity index (χ0) is 18.0. The lowest BCUT2D eigenvalue weighted by molar-refractivity contribution is -0.122. The molecule has 1 aromatic carbocycles. The van der Waals surface area contributed by atoms with Gasteiger partial charge in [-0.05, 0) is 31.2 Å². The molecule has 0 saturated carbocycles. The Morgan fingerprint density at radius 2 is 1.80 bits per heavy atom. The number of nitrogens with one attached hydrogen (secondary N) is 1. The third-order valence-electron chi connectivity index (χ3n) is 3.67. The van der Waals surface area contributed by atoms with Crippen LogP contribution in [0.5, 0.6) is 0 Å². The summed E-state index contributed by atoms with van der Waals surface area (Å²) in [5.74, 6) is -0.471. The van der Waals surface area contributed by atoms with Crippen LogP contribution in [0.2, 0.25) is 0 Å². The van der Waals surface area contributed by atoms with Gasteiger partial charge in [-0.25, -0.2) is 0 Å². The van der Waals surface area contributed by atoms with Crippen LogP contribution < -0.4 is 5.32 Å². The van der Waals surface area contributed by atoms with Crippen LogP contribution in [0.15, 0.2) is 24.3 Å². The van der Waals surface area contributed by atoms with Gasteiger partial charge in [0.1, 0.15) is 6.54 Å². The van der Waals surface area contributed by atoms with Gasteiger partial charge >= 0.3 is 0 Å². The minimum absolute atomic E-state index is 0.0296. The molecule has 9 nitrogen and oxygen atoms in total. The first-order valence-corrected chi connectivity index (χ1v) is 7.97. The molecule has 3 amide bonds. The topological polar surface area (TPSA) is 110 Å². The Hall–Kier alpha value is -3.10. The molecule has 0 atom stereocenters. The fourth-order valence-electron chi connectivity index (χ4n) is 2.59. The molecule has 25 heavy (non-hydrogen) atoms. The van der Waals surface area contributed by atoms with Crippen LogP contribution in [-0.4, -0.2) is 55.4 Å². The monoisotopic (exact) mass is 342 g/mol. The van der Waals surface area contributed by atoms with Crippen molar-refractivity contribution in [2.24, 2.45) is 0 Å². The number of tetrazole rings is 1. The highest BCUT2D eigenvalue weighted by molar-refractivity contribution is 6.21. The molecule has 0 bridgehead atoms. The number of nitrogens with zero attached hydrogens (tertiary/aromatic N) is 5. The van der Waals surface area contributed by atoms with Crippen molar-refractivity contribution >= 4 is 17.7 Å². The summed E-state index contributed by atoms with van der Waals surface area (Å²) in [4.78, 5) is 38.6. The number of fused-ring (bicyclic) bond motifs is 1. The largest absolute Gasteiger partial charge is 0.352 e. The number of amides is 3. The van der Waals surface area contributed by atoms with E-state index in [2.05, 4.69) is 20.7 Å². The molecule has 0 radical (unpaired) electrons. The van der Waals surface area contributed by atoms with Crippen LogP contribution >= 0.6 is 0 Å². The minimum Gasteiger partial charge on any atom is -0.352 e. The molecule has 1 aliphatic rings. The lowest BCUT2D eigenvalue weighted by atomic mass is 10.1. The van der Waals surface area contributed by atoms with E-state index >= 15 is 0 Å². The van der Waals surface area contributed by atoms with Gasteiger partial charge in [-0.2, -0.15) is 4.80 Å². The molecule has 0 saturated heterocycles. The quantitative estimate of drug-likeness (QED) is 0.742. The zero-order valence-electron chi connectivity index (χ0n) is 14.0. The third kappa shape index (κ3) is 3.54. The highest BCUT2D eigenvalue weighted by atomic mass is 16.2. The van der Waals surface area contributed by atoms with E-state index in [1.54, 1.807) is 24.3 Å². The van der Waals surface area contributed by atoms with E-state index in [-0.39, 0.29) is 43.3 Å². The Kier molecular flexibility index (Phi) is 4.55. The third-order valence-corrected chi connectivity index (χ3v) is 3.67. The average molecular weight is 342 g/mol. The molecule has 1 aromatic heterocycles. The second-order valence-electron chi connectivity index (χ2n) is 6.02. The Bertz CT molecular complexity index is 794. The van der Waals surface area contributed by atoms with Crippen molar-refractivity contribution in [2.45, 2.75) is 32.9 Å². The van der Waals surface area contributed by atoms with Gasteiger partial charge in [0.25, 0.3) is 11.8 Å². The van der Waals surface area contributed by atoms with Crippen molar-refractivity contribution in [1.82, 2.24) is 30.4 Å². The highest BCUT2D eigenvalue weighted by Gasteiger charge is 2.34. The number of benzene rings is 1. The molecule has 2 heterocycles. The van der Waals surface area contributed by atoms with Crippen molar-refractivity contribution in [3.63, 3.8) is 0 Å². The molecule has 130 valence electrons. The molecule has 1 N–H and O–H groups in total. The number of hydrogen-bond acceptors (Lipinski definition) is 6. The van der Waals surface area contributed by atoms with Crippen molar-refractivity contribution in [3.05, 3.63) is 41.2 Å². The maximum atomic E-state index is 12.3. The summed E-state index contributed by atoms with van der Waals surface area (Å²) in [5.41, 5.74) is 0.823. The van der Waals surface area contributed by atoms with Crippen LogP contribution in [-0.2, 0) is 17.8 Å². The molecule has 0 unspecified atom stereocenters. The number of carbonyl (C=O) groups is 3. The van der Waals surface area contributed by atoms with Crippen LogP contribution in [0.4, 0.5) is 0 Å². The van der Waals surface area contributed by atoms with Gasteiger partial charge in [0.2, 0.25) is 5.91 Å². The first-order chi connectivity index (χ1) is 12.0. The molecule has 0 fully saturated rings. The minimum atomic E-state index is -0.315. The Balaban J connectivity index is 1.59. The molecule has 0 aliphatic carbocycles. The number of carbonyl (C=O) groups excluding carboxylic acids is 3. The Morgan fingerprint density at radius 3 is 2.40 bits per heavy atom. The Labute approximate surface area is 144 Å². The van der Waals surface area contributed by atoms with E-state index in [4.69, 9.17) is 0 Å². The highest BCUT2D eigenvalue weighted by Crippen LogP contribution is 2.22. The van der Waals surface area contributed by atoms with Crippen LogP contribution in [0.1, 0.15) is 40.4 Å². The summed E-state index contributed by atoms with van der Waals surface area (Å²) in [7, 11) is 0. The molecule has 9 heteroatoms. The van der Waals surface area contributed by atoms with E-state index in [9.17, 15) is 14.4 Å². The summed E-state index contributed by atoms with van der Waals surface area (Å²) in [6.07, 6.45) is 0.275. The standard InChI is InChI=1S/C16H18N6O3/c1-10(2)17-14(23)9-22-19-13(18-20-22)7-8-21-15(24)11-5-3-4-6-12(11)16(21)25/h3-6,10H,7-9H2,1-2H3,(H,17,23). The maximum Gasteiger partial charge on any atom is 0.261 e. The average Bonchev–Trinajstić information content (AvgIpc) is 3.09. The molecule has 0 spiro atoms. The smallest absolute Gasteiger partial charge is 0.261 e. The summed E-state index contributed by atoms with van der Waals surface area (Å²) in [6, 6.07) is 6.75. The van der Waals surface area contributed by atoms with Crippen molar-refractivity contribution < 1.29 is 14.4 Å². The van der Waals surface area contributed by atoms with E-state index < -0.39 is 0 Å². The fraction of sp³-hybridized carbons (Fsp3) is 0.375. The van der Waals surface area contributed by atoms with E-state index in [0.29, 0.717) is 17.0 Å². The van der Waals surface area contributed by atoms with Gasteiger partial charge in [0.05, 0.1) is 11.1 Å². The van der Waals surface area contributed by atoms with Crippen molar-refractivity contribution in [3.8, 4) is 0 Å². The number of imide groups is 1. The zero-order valence-corrected chi connectivity index (χ0v) is 14.0. The lowest BCUT2D eigenvalue weighted by Gasteiger charge is -2.11. The first-order valence-electron chi connectivity index (χ1n) is 7.97. The molecular weight excluding hydrogens is 324 g/mol. The maximum absolute atomic E-state index is 12.3. The molecule has 3 rings (SSSR count). The molecule has 2 aromatic rings. The number of aromatic nitrogens is 4. The fourth-order valence-corrected chi connectivity index (χ4v) is 2.59. The van der Waals surface area contributed by atoms with Gasteiger partial charge in [0, 0.05) is 19.0 Å². The molecule has 1 aliphatic heterocycles. The van der Waals surface area contributed by atoms with Crippen LogP contribution in [0, 0.1) is 0 Å². The number of rotatable bonds is 6. The van der Waals surface area contributed by atoms with E-state index in [1.807, 2.05) is 13.8 Å². The normalized spacial score (nSPS) is 13.5. The first kappa shape index (κ1) is 16.7. The van der Waals surface area contributed by atoms with Crippen molar-refractivity contribution in [2.75, 3.05) is 6.54 Å². The van der Waals surface area contributed by atoms with E-state index in [1.165, 1.54) is 9.70 Å². The van der Waals surface area contributed by atoms with Gasteiger partial charge in [-0.15, -0.1) is 10.2 Å². The summed E-state index contributed by atoms with van der Waals surface area (Å²) < 4.78 is 0. The predicted octanol–water partition coefficient (Wildman–Crippen LogP) is 0.0364. The molecular formula is C16H18N6O3. The van der Waals surface area contributed by atoms with Crippen LogP contribution in [0.25, 0.3) is 0 Å². The summed E-state index contributed by atoms with van der Waals surface area (Å²) in [5, 5.41) is 14.5. The second-order valence-corrected chi connectivity index (χ2v) is 6.02. The van der Waals surface area contributed by atoms with E-state index in [0.717, 1.165) is 0 Å². The second kappa shape index (κ2) is 6.80. The van der Waals surface area contributed by atoms with Gasteiger partial charge in [-0.3, -0.25) is 19.3 Å². The summed E-state index contributed by atoms with van der Waals surface area (Å²) in [6.45, 7) is 3.86. The van der Waals surface area contributed by atoms with Crippen molar-refractivity contribution in [1.29, 1.82) is 0 Å². The van der Waals surface area contributed by atoms with Gasteiger partial charge in [-0.1, -0.05) is 12.1 Å². The van der Waals surface area contributed by atoms with Gasteiger partial charge in [0.15, 0.2) is 5.82 Å². The van der Waals surface area contributed by atoms with Crippen LogP contribution in [0.3, 0.4) is 0 Å². The number of hydrogen-bond donors (Lipinski definition) is 1. The lowest BCUT2D eigenvalue weighted by Crippen LogP contribution is -2.33. The SMILES string of the molecule is CC(C)NC(=O)Cn1nnc(CCN2C(=O)c3ccccc3C2=O)n1.